The lowest BCUT2D eigenvalue weighted by Crippen LogP contribution is -2.03. The zero-order valence-electron chi connectivity index (χ0n) is 10.4. The van der Waals surface area contributed by atoms with Crippen molar-refractivity contribution in [1.29, 1.82) is 10.8 Å². The zero-order chi connectivity index (χ0) is 12.8. The molecular weight excluding hydrogens is 212 g/mol. The molecule has 0 aromatic heterocycles. The summed E-state index contributed by atoms with van der Waals surface area (Å²) in [5.74, 6) is 0.968. The van der Waals surface area contributed by atoms with Crippen LogP contribution in [0.3, 0.4) is 0 Å². The number of hydrogen-bond acceptors (Lipinski definition) is 3. The Kier molecular flexibility index (Phi) is 4.64. The maximum atomic E-state index is 7.87. The van der Waals surface area contributed by atoms with E-state index in [-0.39, 0.29) is 5.92 Å². The van der Waals surface area contributed by atoms with Crippen LogP contribution in [0.4, 0.5) is 0 Å². The van der Waals surface area contributed by atoms with Crippen molar-refractivity contribution >= 4 is 11.4 Å². The fourth-order valence-corrected chi connectivity index (χ4v) is 1.23. The van der Waals surface area contributed by atoms with Gasteiger partial charge in [-0.2, -0.15) is 0 Å². The van der Waals surface area contributed by atoms with E-state index in [2.05, 4.69) is 0 Å². The lowest BCUT2D eigenvalue weighted by atomic mass is 10.1. The molecule has 0 bridgehead atoms. The predicted molar refractivity (Wildman–Crippen MR) is 71.5 cm³/mol. The Balaban J connectivity index is 2.73. The normalized spacial score (nSPS) is 10.8. The fourth-order valence-electron chi connectivity index (χ4n) is 1.23. The van der Waals surface area contributed by atoms with E-state index in [0.717, 1.165) is 11.3 Å². The Morgan fingerprint density at radius 3 is 2.18 bits per heavy atom. The van der Waals surface area contributed by atoms with Crippen LogP contribution in [0.5, 0.6) is 5.75 Å². The van der Waals surface area contributed by atoms with Gasteiger partial charge in [-0.15, -0.1) is 0 Å². The summed E-state index contributed by atoms with van der Waals surface area (Å²) < 4.78 is 5.06. The van der Waals surface area contributed by atoms with Crippen LogP contribution < -0.4 is 4.74 Å². The summed E-state index contributed by atoms with van der Waals surface area (Å²) in [4.78, 5) is 0. The van der Waals surface area contributed by atoms with Gasteiger partial charge in [-0.3, -0.25) is 0 Å². The Hall–Kier alpha value is -1.90. The van der Waals surface area contributed by atoms with Crippen molar-refractivity contribution in [3.05, 3.63) is 42.0 Å². The van der Waals surface area contributed by atoms with E-state index in [1.807, 2.05) is 38.1 Å². The summed E-state index contributed by atoms with van der Waals surface area (Å²) >= 11 is 0. The second-order valence-electron chi connectivity index (χ2n) is 4.09. The predicted octanol–water partition coefficient (Wildman–Crippen LogP) is 3.30. The Morgan fingerprint density at radius 2 is 1.71 bits per heavy atom. The summed E-state index contributed by atoms with van der Waals surface area (Å²) in [5.41, 5.74) is 1.75. The standard InChI is InChI=1S/C14H18N2O/c1-10(2)13(15)8-9-14(16)11-4-6-12(17-3)7-5-11/h4-10,15-16H,1-3H3/b9-8+,15-13?,16-14?. The van der Waals surface area contributed by atoms with Gasteiger partial charge < -0.3 is 15.6 Å². The first-order chi connectivity index (χ1) is 8.04. The first-order valence-electron chi connectivity index (χ1n) is 5.54. The van der Waals surface area contributed by atoms with Crippen molar-refractivity contribution in [3.8, 4) is 5.75 Å². The molecule has 17 heavy (non-hydrogen) atoms. The summed E-state index contributed by atoms with van der Waals surface area (Å²) in [6.45, 7) is 3.92. The van der Waals surface area contributed by atoms with Crippen LogP contribution in [-0.4, -0.2) is 18.5 Å². The molecule has 0 aliphatic rings. The van der Waals surface area contributed by atoms with Crippen LogP contribution in [0, 0.1) is 16.7 Å². The molecule has 0 radical (unpaired) electrons. The van der Waals surface area contributed by atoms with E-state index >= 15 is 0 Å². The Labute approximate surface area is 102 Å². The third-order valence-electron chi connectivity index (χ3n) is 2.45. The van der Waals surface area contributed by atoms with E-state index < -0.39 is 0 Å². The van der Waals surface area contributed by atoms with Crippen molar-refractivity contribution in [2.75, 3.05) is 7.11 Å². The van der Waals surface area contributed by atoms with Gasteiger partial charge in [0.25, 0.3) is 0 Å². The van der Waals surface area contributed by atoms with Crippen LogP contribution in [-0.2, 0) is 0 Å². The molecule has 0 atom stereocenters. The molecule has 1 aromatic rings. The topological polar surface area (TPSA) is 56.9 Å². The van der Waals surface area contributed by atoms with Gasteiger partial charge in [0.15, 0.2) is 0 Å². The molecule has 1 rings (SSSR count). The molecular formula is C14H18N2O. The van der Waals surface area contributed by atoms with Crippen molar-refractivity contribution in [2.24, 2.45) is 5.92 Å². The molecule has 0 heterocycles. The largest absolute Gasteiger partial charge is 0.497 e. The minimum atomic E-state index is 0.190. The van der Waals surface area contributed by atoms with E-state index in [9.17, 15) is 0 Å². The second-order valence-corrected chi connectivity index (χ2v) is 4.09. The number of hydrogen-bond donors (Lipinski definition) is 2. The summed E-state index contributed by atoms with van der Waals surface area (Å²) in [6.07, 6.45) is 3.33. The lowest BCUT2D eigenvalue weighted by molar-refractivity contribution is 0.415. The Morgan fingerprint density at radius 1 is 1.12 bits per heavy atom. The van der Waals surface area contributed by atoms with Crippen molar-refractivity contribution in [1.82, 2.24) is 0 Å². The lowest BCUT2D eigenvalue weighted by Gasteiger charge is -2.03. The van der Waals surface area contributed by atoms with Gasteiger partial charge in [0.05, 0.1) is 12.8 Å². The molecule has 3 heteroatoms. The molecule has 0 saturated heterocycles. The highest BCUT2D eigenvalue weighted by atomic mass is 16.5. The van der Waals surface area contributed by atoms with E-state index in [0.29, 0.717) is 11.4 Å². The third kappa shape index (κ3) is 3.87. The quantitative estimate of drug-likeness (QED) is 0.749. The van der Waals surface area contributed by atoms with E-state index in [1.54, 1.807) is 19.3 Å². The molecule has 1 aromatic carbocycles. The second kappa shape index (κ2) is 5.99. The van der Waals surface area contributed by atoms with Crippen molar-refractivity contribution < 1.29 is 4.74 Å². The first kappa shape index (κ1) is 13.2. The molecule has 2 N–H and O–H groups in total. The summed E-state index contributed by atoms with van der Waals surface area (Å²) in [6, 6.07) is 7.33. The monoisotopic (exact) mass is 230 g/mol. The number of nitrogens with one attached hydrogen (secondary N) is 2. The maximum absolute atomic E-state index is 7.87. The average Bonchev–Trinajstić information content (AvgIpc) is 2.35. The van der Waals surface area contributed by atoms with Gasteiger partial charge in [0, 0.05) is 5.71 Å². The molecule has 0 fully saturated rings. The number of methoxy groups -OCH3 is 1. The molecule has 0 spiro atoms. The zero-order valence-corrected chi connectivity index (χ0v) is 10.4. The smallest absolute Gasteiger partial charge is 0.118 e. The van der Waals surface area contributed by atoms with Crippen LogP contribution in [0.1, 0.15) is 19.4 Å². The molecule has 0 amide bonds. The number of ether oxygens (including phenoxy) is 1. The third-order valence-corrected chi connectivity index (χ3v) is 2.45. The fraction of sp³-hybridized carbons (Fsp3) is 0.286. The van der Waals surface area contributed by atoms with Gasteiger partial charge >= 0.3 is 0 Å². The highest BCUT2D eigenvalue weighted by Gasteiger charge is 2.00. The molecule has 0 saturated carbocycles. The first-order valence-corrected chi connectivity index (χ1v) is 5.54. The van der Waals surface area contributed by atoms with Gasteiger partial charge in [0.1, 0.15) is 5.75 Å². The number of allylic oxidation sites excluding steroid dienone is 2. The average molecular weight is 230 g/mol. The number of benzene rings is 1. The summed E-state index contributed by atoms with van der Waals surface area (Å²) in [7, 11) is 1.62. The molecule has 3 nitrogen and oxygen atoms in total. The summed E-state index contributed by atoms with van der Waals surface area (Å²) in [5, 5.41) is 15.5. The minimum absolute atomic E-state index is 0.190. The molecule has 90 valence electrons. The van der Waals surface area contributed by atoms with Crippen LogP contribution in [0.15, 0.2) is 36.4 Å². The van der Waals surface area contributed by atoms with Gasteiger partial charge in [-0.1, -0.05) is 13.8 Å². The van der Waals surface area contributed by atoms with Gasteiger partial charge in [0.2, 0.25) is 0 Å². The van der Waals surface area contributed by atoms with Crippen LogP contribution >= 0.6 is 0 Å². The SMILES string of the molecule is COc1ccc(C(=N)/C=C/C(=N)C(C)C)cc1. The molecule has 0 aliphatic carbocycles. The maximum Gasteiger partial charge on any atom is 0.118 e. The van der Waals surface area contributed by atoms with E-state index in [1.165, 1.54) is 0 Å². The highest BCUT2D eigenvalue weighted by Crippen LogP contribution is 2.12. The van der Waals surface area contributed by atoms with Crippen LogP contribution in [0.2, 0.25) is 0 Å². The van der Waals surface area contributed by atoms with Crippen molar-refractivity contribution in [2.45, 2.75) is 13.8 Å². The van der Waals surface area contributed by atoms with Gasteiger partial charge in [-0.25, -0.2) is 0 Å². The minimum Gasteiger partial charge on any atom is -0.497 e. The molecule has 0 aliphatic heterocycles. The van der Waals surface area contributed by atoms with Gasteiger partial charge in [-0.05, 0) is 47.9 Å². The highest BCUT2D eigenvalue weighted by molar-refractivity contribution is 6.10. The Bertz CT molecular complexity index is 430. The number of rotatable bonds is 5. The van der Waals surface area contributed by atoms with Crippen molar-refractivity contribution in [3.63, 3.8) is 0 Å². The molecule has 0 unspecified atom stereocenters. The van der Waals surface area contributed by atoms with E-state index in [4.69, 9.17) is 15.6 Å². The van der Waals surface area contributed by atoms with Crippen LogP contribution in [0.25, 0.3) is 0 Å².